The van der Waals surface area contributed by atoms with Crippen molar-refractivity contribution in [2.75, 3.05) is 4.90 Å². The molecule has 0 aromatic heterocycles. The van der Waals surface area contributed by atoms with Crippen LogP contribution in [0, 0.1) is 0 Å². The molecule has 0 heterocycles. The van der Waals surface area contributed by atoms with Crippen molar-refractivity contribution in [3.05, 3.63) is 247 Å². The summed E-state index contributed by atoms with van der Waals surface area (Å²) in [7, 11) is 0. The number of fused-ring (bicyclic) bond motifs is 5. The van der Waals surface area contributed by atoms with Gasteiger partial charge in [0.2, 0.25) is 0 Å². The Morgan fingerprint density at radius 3 is 1.56 bits per heavy atom. The summed E-state index contributed by atoms with van der Waals surface area (Å²) >= 11 is 0. The van der Waals surface area contributed by atoms with Crippen molar-refractivity contribution in [1.29, 1.82) is 0 Å². The van der Waals surface area contributed by atoms with Gasteiger partial charge in [0.25, 0.3) is 0 Å². The highest BCUT2D eigenvalue weighted by Gasteiger charge is 2.41. The van der Waals surface area contributed by atoms with Crippen molar-refractivity contribution in [3.8, 4) is 44.5 Å². The van der Waals surface area contributed by atoms with Gasteiger partial charge in [-0.25, -0.2) is 0 Å². The number of hydrogen-bond acceptors (Lipinski definition) is 1. The molecule has 278 valence electrons. The van der Waals surface area contributed by atoms with Crippen molar-refractivity contribution in [2.45, 2.75) is 12.3 Å². The van der Waals surface area contributed by atoms with E-state index in [2.05, 4.69) is 242 Å². The smallest absolute Gasteiger partial charge is 0.0468 e. The van der Waals surface area contributed by atoms with E-state index in [-0.39, 0.29) is 5.41 Å². The van der Waals surface area contributed by atoms with Crippen LogP contribution in [0.1, 0.15) is 23.6 Å². The summed E-state index contributed by atoms with van der Waals surface area (Å²) in [6, 6.07) is 84.5. The normalized spacial score (nSPS) is 14.3. The van der Waals surface area contributed by atoms with Crippen molar-refractivity contribution >= 4 is 38.6 Å². The molecule has 10 aromatic rings. The summed E-state index contributed by atoms with van der Waals surface area (Å²) in [5, 5.41) is 4.96. The molecule has 0 radical (unpaired) electrons. The fraction of sp³-hybridized carbons (Fsp3) is 0.0345. The Kier molecular flexibility index (Phi) is 8.34. The SMILES string of the molecule is CC1(c2ccccc2)c2ccccc2-c2c(-c3ccc(N(c4cccc(-c5ccc(-c6ccc7ccccc7c6)cc5)c4)c4ccc5ccccc5c4)cc3)cccc21. The molecule has 1 aliphatic rings. The predicted octanol–water partition coefficient (Wildman–Crippen LogP) is 15.8. The monoisotopic (exact) mass is 751 g/mol. The topological polar surface area (TPSA) is 3.24 Å². The van der Waals surface area contributed by atoms with E-state index in [1.807, 2.05) is 0 Å². The Hall–Kier alpha value is -7.48. The minimum absolute atomic E-state index is 0.238. The third kappa shape index (κ3) is 5.94. The molecule has 0 saturated carbocycles. The standard InChI is InChI=1S/C58H41N/c1-58(49-18-3-2-4-19-49)55-23-10-9-21-54(55)57-53(22-12-24-56(57)58)44-32-34-50(35-33-44)59(52-36-31-41-14-6-8-16-46(41)39-52)51-20-11-17-47(38-51)42-25-27-43(28-26-42)48-30-29-40-13-5-7-15-45(40)37-48/h2-39H,1H3. The summed E-state index contributed by atoms with van der Waals surface area (Å²) in [5.74, 6) is 0. The zero-order valence-corrected chi connectivity index (χ0v) is 32.9. The average molecular weight is 752 g/mol. The fourth-order valence-electron chi connectivity index (χ4n) is 9.47. The summed E-state index contributed by atoms with van der Waals surface area (Å²) < 4.78 is 0. The second kappa shape index (κ2) is 14.2. The second-order valence-electron chi connectivity index (χ2n) is 15.9. The van der Waals surface area contributed by atoms with Gasteiger partial charge in [0.1, 0.15) is 0 Å². The van der Waals surface area contributed by atoms with Crippen LogP contribution in [0.25, 0.3) is 66.1 Å². The Morgan fingerprint density at radius 2 is 0.814 bits per heavy atom. The number of rotatable bonds is 7. The van der Waals surface area contributed by atoms with E-state index >= 15 is 0 Å². The minimum atomic E-state index is -0.238. The van der Waals surface area contributed by atoms with E-state index in [4.69, 9.17) is 0 Å². The van der Waals surface area contributed by atoms with Crippen molar-refractivity contribution in [2.24, 2.45) is 0 Å². The maximum atomic E-state index is 2.39. The van der Waals surface area contributed by atoms with Crippen LogP contribution in [-0.4, -0.2) is 0 Å². The van der Waals surface area contributed by atoms with Gasteiger partial charge in [0, 0.05) is 22.5 Å². The quantitative estimate of drug-likeness (QED) is 0.157. The molecule has 0 bridgehead atoms. The molecule has 1 heteroatoms. The maximum Gasteiger partial charge on any atom is 0.0468 e. The summed E-state index contributed by atoms with van der Waals surface area (Å²) in [4.78, 5) is 2.39. The van der Waals surface area contributed by atoms with Gasteiger partial charge in [-0.2, -0.15) is 0 Å². The average Bonchev–Trinajstić information content (AvgIpc) is 3.58. The highest BCUT2D eigenvalue weighted by molar-refractivity contribution is 5.95. The third-order valence-corrected chi connectivity index (χ3v) is 12.5. The number of benzene rings is 10. The second-order valence-corrected chi connectivity index (χ2v) is 15.9. The number of anilines is 3. The first-order chi connectivity index (χ1) is 29.1. The molecule has 1 atom stereocenters. The van der Waals surface area contributed by atoms with Crippen LogP contribution < -0.4 is 4.90 Å². The van der Waals surface area contributed by atoms with Crippen LogP contribution >= 0.6 is 0 Å². The van der Waals surface area contributed by atoms with Gasteiger partial charge in [0.05, 0.1) is 0 Å². The zero-order valence-electron chi connectivity index (χ0n) is 32.9. The van der Waals surface area contributed by atoms with E-state index in [9.17, 15) is 0 Å². The lowest BCUT2D eigenvalue weighted by atomic mass is 9.74. The molecule has 1 nitrogen and oxygen atoms in total. The number of nitrogens with zero attached hydrogens (tertiary/aromatic N) is 1. The lowest BCUT2D eigenvalue weighted by Crippen LogP contribution is -2.22. The largest absolute Gasteiger partial charge is 0.310 e. The van der Waals surface area contributed by atoms with Gasteiger partial charge in [0.15, 0.2) is 0 Å². The highest BCUT2D eigenvalue weighted by atomic mass is 15.1. The van der Waals surface area contributed by atoms with Crippen LogP contribution in [0.15, 0.2) is 231 Å². The molecular formula is C58H41N. The Morgan fingerprint density at radius 1 is 0.305 bits per heavy atom. The highest BCUT2D eigenvalue weighted by Crippen LogP contribution is 2.55. The molecule has 11 rings (SSSR count). The molecule has 1 unspecified atom stereocenters. The van der Waals surface area contributed by atoms with Crippen molar-refractivity contribution in [3.63, 3.8) is 0 Å². The first-order valence-electron chi connectivity index (χ1n) is 20.5. The van der Waals surface area contributed by atoms with E-state index in [1.165, 1.54) is 82.7 Å². The molecule has 0 fully saturated rings. The summed E-state index contributed by atoms with van der Waals surface area (Å²) in [5.41, 5.74) is 17.0. The van der Waals surface area contributed by atoms with Crippen LogP contribution in [0.3, 0.4) is 0 Å². The lowest BCUT2D eigenvalue weighted by molar-refractivity contribution is 0.714. The molecular weight excluding hydrogens is 711 g/mol. The number of hydrogen-bond donors (Lipinski definition) is 0. The molecule has 1 aliphatic carbocycles. The van der Waals surface area contributed by atoms with Crippen LogP contribution in [-0.2, 0) is 5.41 Å². The van der Waals surface area contributed by atoms with Gasteiger partial charge in [-0.15, -0.1) is 0 Å². The first-order valence-corrected chi connectivity index (χ1v) is 20.5. The minimum Gasteiger partial charge on any atom is -0.310 e. The fourth-order valence-corrected chi connectivity index (χ4v) is 9.47. The Bertz CT molecular complexity index is 3160. The Balaban J connectivity index is 0.985. The van der Waals surface area contributed by atoms with Gasteiger partial charge >= 0.3 is 0 Å². The van der Waals surface area contributed by atoms with E-state index in [0.717, 1.165) is 17.1 Å². The van der Waals surface area contributed by atoms with Crippen LogP contribution in [0.4, 0.5) is 17.1 Å². The van der Waals surface area contributed by atoms with Gasteiger partial charge in [-0.1, -0.05) is 188 Å². The molecule has 0 amide bonds. The van der Waals surface area contributed by atoms with E-state index in [0.29, 0.717) is 0 Å². The summed E-state index contributed by atoms with van der Waals surface area (Å²) in [6.07, 6.45) is 0. The predicted molar refractivity (Wildman–Crippen MR) is 250 cm³/mol. The molecule has 0 saturated heterocycles. The van der Waals surface area contributed by atoms with Crippen molar-refractivity contribution in [1.82, 2.24) is 0 Å². The van der Waals surface area contributed by atoms with E-state index in [1.54, 1.807) is 0 Å². The van der Waals surface area contributed by atoms with E-state index < -0.39 is 0 Å². The maximum absolute atomic E-state index is 2.39. The van der Waals surface area contributed by atoms with Crippen LogP contribution in [0.5, 0.6) is 0 Å². The molecule has 10 aromatic carbocycles. The van der Waals surface area contributed by atoms with Gasteiger partial charge in [-0.3, -0.25) is 0 Å². The van der Waals surface area contributed by atoms with Crippen molar-refractivity contribution < 1.29 is 0 Å². The summed E-state index contributed by atoms with van der Waals surface area (Å²) in [6.45, 7) is 2.38. The Labute approximate surface area is 346 Å². The lowest BCUT2D eigenvalue weighted by Gasteiger charge is -2.28. The third-order valence-electron chi connectivity index (χ3n) is 12.5. The first kappa shape index (κ1) is 34.7. The molecule has 0 aliphatic heterocycles. The van der Waals surface area contributed by atoms with Gasteiger partial charge in [-0.05, 0) is 132 Å². The van der Waals surface area contributed by atoms with Gasteiger partial charge < -0.3 is 4.90 Å². The molecule has 59 heavy (non-hydrogen) atoms. The molecule has 0 N–H and O–H groups in total. The van der Waals surface area contributed by atoms with Crippen LogP contribution in [0.2, 0.25) is 0 Å². The molecule has 0 spiro atoms. The zero-order chi connectivity index (χ0) is 39.3.